The first-order valence-electron chi connectivity index (χ1n) is 7.51. The highest BCUT2D eigenvalue weighted by molar-refractivity contribution is 6.04. The minimum Gasteiger partial charge on any atom is -0.431 e. The SMILES string of the molecule is CC(=O)O/C(C)=C(\C)c1ccc(NC(=O)c2c(F)cccc2F)cc1. The molecule has 0 saturated carbocycles. The number of allylic oxidation sites excluding steroid dienone is 2. The number of carbonyl (C=O) groups is 2. The molecule has 1 amide bonds. The van der Waals surface area contributed by atoms with Crippen LogP contribution in [0.4, 0.5) is 14.5 Å². The van der Waals surface area contributed by atoms with Gasteiger partial charge in [0.2, 0.25) is 0 Å². The Morgan fingerprint density at radius 3 is 2.00 bits per heavy atom. The first-order chi connectivity index (χ1) is 11.8. The minimum atomic E-state index is -0.926. The van der Waals surface area contributed by atoms with Crippen LogP contribution in [-0.4, -0.2) is 11.9 Å². The summed E-state index contributed by atoms with van der Waals surface area (Å²) in [7, 11) is 0. The molecule has 0 unspecified atom stereocenters. The lowest BCUT2D eigenvalue weighted by atomic mass is 10.1. The topological polar surface area (TPSA) is 55.4 Å². The minimum absolute atomic E-state index is 0.384. The van der Waals surface area contributed by atoms with Crippen LogP contribution in [0.2, 0.25) is 0 Å². The third-order valence-corrected chi connectivity index (χ3v) is 3.59. The molecule has 0 saturated heterocycles. The maximum absolute atomic E-state index is 13.6. The first kappa shape index (κ1) is 18.3. The van der Waals surface area contributed by atoms with E-state index < -0.39 is 29.1 Å². The highest BCUT2D eigenvalue weighted by Crippen LogP contribution is 2.22. The molecule has 0 atom stereocenters. The molecule has 6 heteroatoms. The van der Waals surface area contributed by atoms with Crippen LogP contribution < -0.4 is 5.32 Å². The van der Waals surface area contributed by atoms with Gasteiger partial charge in [0, 0.05) is 12.6 Å². The highest BCUT2D eigenvalue weighted by Gasteiger charge is 2.17. The van der Waals surface area contributed by atoms with E-state index in [-0.39, 0.29) is 0 Å². The Morgan fingerprint density at radius 1 is 0.920 bits per heavy atom. The molecule has 0 aliphatic heterocycles. The lowest BCUT2D eigenvalue weighted by Crippen LogP contribution is -2.15. The summed E-state index contributed by atoms with van der Waals surface area (Å²) in [6, 6.07) is 9.83. The molecule has 4 nitrogen and oxygen atoms in total. The molecule has 0 aromatic heterocycles. The number of carbonyl (C=O) groups excluding carboxylic acids is 2. The van der Waals surface area contributed by atoms with Gasteiger partial charge in [-0.2, -0.15) is 0 Å². The number of amides is 1. The van der Waals surface area contributed by atoms with Gasteiger partial charge in [0.05, 0.1) is 0 Å². The molecule has 0 fully saturated rings. The average molecular weight is 345 g/mol. The van der Waals surface area contributed by atoms with Gasteiger partial charge >= 0.3 is 5.97 Å². The predicted molar refractivity (Wildman–Crippen MR) is 90.8 cm³/mol. The molecule has 0 spiro atoms. The van der Waals surface area contributed by atoms with Crippen molar-refractivity contribution in [2.45, 2.75) is 20.8 Å². The van der Waals surface area contributed by atoms with Gasteiger partial charge in [0.25, 0.3) is 5.91 Å². The Balaban J connectivity index is 2.18. The Morgan fingerprint density at radius 2 is 1.48 bits per heavy atom. The summed E-state index contributed by atoms with van der Waals surface area (Å²) in [6.07, 6.45) is 0. The summed E-state index contributed by atoms with van der Waals surface area (Å²) in [5.41, 5.74) is 1.30. The Bertz CT molecular complexity index is 822. The number of benzene rings is 2. The van der Waals surface area contributed by atoms with Crippen LogP contribution in [0.15, 0.2) is 48.2 Å². The summed E-state index contributed by atoms with van der Waals surface area (Å²) < 4.78 is 32.3. The summed E-state index contributed by atoms with van der Waals surface area (Å²) in [5.74, 6) is -2.66. The van der Waals surface area contributed by atoms with Crippen LogP contribution >= 0.6 is 0 Å². The summed E-state index contributed by atoms with van der Waals surface area (Å²) in [5, 5.41) is 2.45. The molecule has 0 heterocycles. The van der Waals surface area contributed by atoms with Crippen molar-refractivity contribution in [3.63, 3.8) is 0 Å². The Labute approximate surface area is 144 Å². The third kappa shape index (κ3) is 4.50. The van der Waals surface area contributed by atoms with Crippen LogP contribution in [0.25, 0.3) is 5.57 Å². The molecular weight excluding hydrogens is 328 g/mol. The zero-order valence-corrected chi connectivity index (χ0v) is 14.0. The lowest BCUT2D eigenvalue weighted by Gasteiger charge is -2.10. The van der Waals surface area contributed by atoms with Gasteiger partial charge in [-0.25, -0.2) is 8.78 Å². The molecule has 130 valence electrons. The van der Waals surface area contributed by atoms with Crippen molar-refractivity contribution in [2.24, 2.45) is 0 Å². The average Bonchev–Trinajstić information content (AvgIpc) is 2.54. The van der Waals surface area contributed by atoms with Crippen molar-refractivity contribution in [2.75, 3.05) is 5.32 Å². The van der Waals surface area contributed by atoms with Gasteiger partial charge in [-0.3, -0.25) is 9.59 Å². The molecule has 25 heavy (non-hydrogen) atoms. The standard InChI is InChI=1S/C19H17F2NO3/c1-11(12(2)25-13(3)23)14-7-9-15(10-8-14)22-19(24)18-16(20)5-4-6-17(18)21/h4-10H,1-3H3,(H,22,24)/b12-11+. The van der Waals surface area contributed by atoms with E-state index in [4.69, 9.17) is 4.74 Å². The summed E-state index contributed by atoms with van der Waals surface area (Å²) in [4.78, 5) is 23.0. The molecule has 0 bridgehead atoms. The van der Waals surface area contributed by atoms with E-state index in [1.807, 2.05) is 0 Å². The number of ether oxygens (including phenoxy) is 1. The second kappa shape index (κ2) is 7.70. The van der Waals surface area contributed by atoms with Crippen LogP contribution in [-0.2, 0) is 9.53 Å². The van der Waals surface area contributed by atoms with E-state index in [2.05, 4.69) is 5.32 Å². The number of hydrogen-bond donors (Lipinski definition) is 1. The highest BCUT2D eigenvalue weighted by atomic mass is 19.1. The quantitative estimate of drug-likeness (QED) is 0.654. The largest absolute Gasteiger partial charge is 0.431 e. The maximum Gasteiger partial charge on any atom is 0.307 e. The van der Waals surface area contributed by atoms with Crippen LogP contribution in [0, 0.1) is 11.6 Å². The zero-order valence-electron chi connectivity index (χ0n) is 14.0. The van der Waals surface area contributed by atoms with Crippen LogP contribution in [0.1, 0.15) is 36.7 Å². The molecule has 1 N–H and O–H groups in total. The summed E-state index contributed by atoms with van der Waals surface area (Å²) >= 11 is 0. The molecule has 0 radical (unpaired) electrons. The fourth-order valence-electron chi connectivity index (χ4n) is 2.21. The van der Waals surface area contributed by atoms with Gasteiger partial charge < -0.3 is 10.1 Å². The van der Waals surface area contributed by atoms with E-state index in [0.29, 0.717) is 11.4 Å². The first-order valence-corrected chi connectivity index (χ1v) is 7.51. The van der Waals surface area contributed by atoms with E-state index in [9.17, 15) is 18.4 Å². The van der Waals surface area contributed by atoms with Gasteiger partial charge in [0.1, 0.15) is 23.0 Å². The van der Waals surface area contributed by atoms with Crippen molar-refractivity contribution >= 4 is 23.1 Å². The number of esters is 1. The lowest BCUT2D eigenvalue weighted by molar-refractivity contribution is -0.136. The van der Waals surface area contributed by atoms with Crippen molar-refractivity contribution in [1.82, 2.24) is 0 Å². The Kier molecular flexibility index (Phi) is 5.64. The van der Waals surface area contributed by atoms with E-state index in [1.165, 1.54) is 13.0 Å². The fraction of sp³-hybridized carbons (Fsp3) is 0.158. The fourth-order valence-corrected chi connectivity index (χ4v) is 2.21. The molecule has 0 aliphatic rings. The summed E-state index contributed by atoms with van der Waals surface area (Å²) in [6.45, 7) is 4.78. The van der Waals surface area contributed by atoms with Gasteiger partial charge in [0.15, 0.2) is 0 Å². The normalized spacial score (nSPS) is 11.6. The zero-order chi connectivity index (χ0) is 18.6. The number of rotatable bonds is 4. The number of halogens is 2. The van der Waals surface area contributed by atoms with Crippen molar-refractivity contribution in [1.29, 1.82) is 0 Å². The van der Waals surface area contributed by atoms with Crippen LogP contribution in [0.3, 0.4) is 0 Å². The number of hydrogen-bond acceptors (Lipinski definition) is 3. The molecule has 2 aromatic carbocycles. The van der Waals surface area contributed by atoms with Gasteiger partial charge in [-0.15, -0.1) is 0 Å². The second-order valence-corrected chi connectivity index (χ2v) is 5.40. The molecule has 0 aliphatic carbocycles. The molecule has 2 rings (SSSR count). The van der Waals surface area contributed by atoms with Crippen molar-refractivity contribution in [3.8, 4) is 0 Å². The van der Waals surface area contributed by atoms with E-state index in [0.717, 1.165) is 23.3 Å². The molecular formula is C19H17F2NO3. The number of anilines is 1. The third-order valence-electron chi connectivity index (χ3n) is 3.59. The Hall–Kier alpha value is -3.02. The number of nitrogens with one attached hydrogen (secondary N) is 1. The maximum atomic E-state index is 13.6. The van der Waals surface area contributed by atoms with Gasteiger partial charge in [-0.05, 0) is 49.2 Å². The van der Waals surface area contributed by atoms with Crippen molar-refractivity contribution in [3.05, 3.63) is 71.0 Å². The second-order valence-electron chi connectivity index (χ2n) is 5.40. The van der Waals surface area contributed by atoms with Crippen molar-refractivity contribution < 1.29 is 23.1 Å². The van der Waals surface area contributed by atoms with E-state index in [1.54, 1.807) is 38.1 Å². The van der Waals surface area contributed by atoms with E-state index >= 15 is 0 Å². The smallest absolute Gasteiger partial charge is 0.307 e. The van der Waals surface area contributed by atoms with Crippen LogP contribution in [0.5, 0.6) is 0 Å². The van der Waals surface area contributed by atoms with Gasteiger partial charge in [-0.1, -0.05) is 18.2 Å². The predicted octanol–water partition coefficient (Wildman–Crippen LogP) is 4.53. The molecule has 2 aromatic rings. The monoisotopic (exact) mass is 345 g/mol.